The second kappa shape index (κ2) is 6.87. The first-order valence-electron chi connectivity index (χ1n) is 6.96. The Bertz CT molecular complexity index is 574. The highest BCUT2D eigenvalue weighted by Crippen LogP contribution is 2.23. The summed E-state index contributed by atoms with van der Waals surface area (Å²) in [6.45, 7) is 7.42. The van der Waals surface area contributed by atoms with Gasteiger partial charge in [0, 0.05) is 33.5 Å². The first-order chi connectivity index (χ1) is 9.51. The van der Waals surface area contributed by atoms with Crippen molar-refractivity contribution in [3.05, 3.63) is 37.7 Å². The van der Waals surface area contributed by atoms with Crippen molar-refractivity contribution >= 4 is 27.3 Å². The first kappa shape index (κ1) is 15.7. The molecule has 0 bridgehead atoms. The maximum atomic E-state index is 4.52. The van der Waals surface area contributed by atoms with E-state index < -0.39 is 0 Å². The van der Waals surface area contributed by atoms with Crippen molar-refractivity contribution in [2.75, 3.05) is 6.54 Å². The lowest BCUT2D eigenvalue weighted by Gasteiger charge is -2.17. The van der Waals surface area contributed by atoms with E-state index in [0.29, 0.717) is 6.04 Å². The van der Waals surface area contributed by atoms with Gasteiger partial charge in [0.05, 0.1) is 5.69 Å². The Labute approximate surface area is 133 Å². The van der Waals surface area contributed by atoms with E-state index >= 15 is 0 Å². The summed E-state index contributed by atoms with van der Waals surface area (Å²) in [5.74, 6) is 0. The fourth-order valence-electron chi connectivity index (χ4n) is 2.57. The molecule has 2 rings (SSSR count). The molecule has 0 aliphatic heterocycles. The van der Waals surface area contributed by atoms with Crippen molar-refractivity contribution in [2.45, 2.75) is 39.7 Å². The highest BCUT2D eigenvalue weighted by molar-refractivity contribution is 9.10. The average molecular weight is 356 g/mol. The van der Waals surface area contributed by atoms with Gasteiger partial charge in [0.1, 0.15) is 0 Å². The van der Waals surface area contributed by atoms with Crippen molar-refractivity contribution < 1.29 is 0 Å². The van der Waals surface area contributed by atoms with Crippen LogP contribution in [0.2, 0.25) is 0 Å². The third-order valence-corrected chi connectivity index (χ3v) is 5.39. The van der Waals surface area contributed by atoms with Gasteiger partial charge >= 0.3 is 0 Å². The zero-order valence-electron chi connectivity index (χ0n) is 12.5. The second-order valence-electron chi connectivity index (χ2n) is 5.17. The summed E-state index contributed by atoms with van der Waals surface area (Å²) in [6, 6.07) is 2.69. The molecule has 3 nitrogen and oxygen atoms in total. The molecule has 1 unspecified atom stereocenters. The molecule has 20 heavy (non-hydrogen) atoms. The van der Waals surface area contributed by atoms with Crippen LogP contribution in [0.5, 0.6) is 0 Å². The molecule has 0 amide bonds. The molecule has 0 fully saturated rings. The van der Waals surface area contributed by atoms with Crippen molar-refractivity contribution in [1.29, 1.82) is 0 Å². The SMILES string of the molecule is CCNC(Cc1cc(Br)cs1)Cc1c(C)nn(C)c1C. The molecule has 2 heterocycles. The van der Waals surface area contributed by atoms with Crippen LogP contribution in [0.4, 0.5) is 0 Å². The van der Waals surface area contributed by atoms with E-state index in [2.05, 4.69) is 58.6 Å². The largest absolute Gasteiger partial charge is 0.314 e. The number of nitrogens with one attached hydrogen (secondary N) is 1. The molecule has 5 heteroatoms. The lowest BCUT2D eigenvalue weighted by atomic mass is 10.0. The molecule has 0 aliphatic rings. The molecule has 110 valence electrons. The predicted octanol–water partition coefficient (Wildman–Crippen LogP) is 3.62. The van der Waals surface area contributed by atoms with E-state index in [1.165, 1.54) is 20.6 Å². The second-order valence-corrected chi connectivity index (χ2v) is 7.08. The van der Waals surface area contributed by atoms with Gasteiger partial charge in [-0.25, -0.2) is 0 Å². The van der Waals surface area contributed by atoms with Gasteiger partial charge in [0.25, 0.3) is 0 Å². The Hall–Kier alpha value is -0.650. The zero-order valence-corrected chi connectivity index (χ0v) is 14.9. The summed E-state index contributed by atoms with van der Waals surface area (Å²) in [5, 5.41) is 10.3. The normalized spacial score (nSPS) is 12.8. The topological polar surface area (TPSA) is 29.9 Å². The minimum atomic E-state index is 0.465. The van der Waals surface area contributed by atoms with Crippen LogP contribution >= 0.6 is 27.3 Å². The lowest BCUT2D eigenvalue weighted by molar-refractivity contribution is 0.522. The van der Waals surface area contributed by atoms with Crippen molar-refractivity contribution in [2.24, 2.45) is 7.05 Å². The molecule has 1 N–H and O–H groups in total. The number of hydrogen-bond donors (Lipinski definition) is 1. The summed E-state index contributed by atoms with van der Waals surface area (Å²) >= 11 is 5.35. The highest BCUT2D eigenvalue weighted by atomic mass is 79.9. The Balaban J connectivity index is 2.12. The van der Waals surface area contributed by atoms with E-state index in [0.717, 1.165) is 25.1 Å². The minimum absolute atomic E-state index is 0.465. The number of rotatable bonds is 6. The Morgan fingerprint density at radius 1 is 1.40 bits per heavy atom. The maximum Gasteiger partial charge on any atom is 0.0628 e. The van der Waals surface area contributed by atoms with Crippen LogP contribution in [-0.4, -0.2) is 22.4 Å². The molecule has 0 aromatic carbocycles. The first-order valence-corrected chi connectivity index (χ1v) is 8.63. The molecule has 2 aromatic rings. The number of halogens is 1. The van der Waals surface area contributed by atoms with Gasteiger partial charge < -0.3 is 5.32 Å². The van der Waals surface area contributed by atoms with Crippen LogP contribution in [-0.2, 0) is 19.9 Å². The van der Waals surface area contributed by atoms with Gasteiger partial charge in [-0.3, -0.25) is 4.68 Å². The van der Waals surface area contributed by atoms with Gasteiger partial charge in [0.2, 0.25) is 0 Å². The molecule has 0 saturated carbocycles. The smallest absolute Gasteiger partial charge is 0.0628 e. The molecule has 1 atom stereocenters. The standard InChI is InChI=1S/C15H22BrN3S/c1-5-17-13(7-14-6-12(16)9-20-14)8-15-10(2)18-19(4)11(15)3/h6,9,13,17H,5,7-8H2,1-4H3. The van der Waals surface area contributed by atoms with Crippen LogP contribution < -0.4 is 5.32 Å². The van der Waals surface area contributed by atoms with Gasteiger partial charge in [0.15, 0.2) is 0 Å². The number of thiophene rings is 1. The molecule has 0 aliphatic carbocycles. The van der Waals surface area contributed by atoms with E-state index in [1.807, 2.05) is 23.1 Å². The quantitative estimate of drug-likeness (QED) is 0.857. The fourth-order valence-corrected chi connectivity index (χ4v) is 4.10. The van der Waals surface area contributed by atoms with Crippen molar-refractivity contribution in [3.63, 3.8) is 0 Å². The van der Waals surface area contributed by atoms with E-state index in [9.17, 15) is 0 Å². The number of aromatic nitrogens is 2. The summed E-state index contributed by atoms with van der Waals surface area (Å²) in [6.07, 6.45) is 2.10. The summed E-state index contributed by atoms with van der Waals surface area (Å²) in [4.78, 5) is 1.42. The number of aryl methyl sites for hydroxylation is 2. The highest BCUT2D eigenvalue weighted by Gasteiger charge is 2.16. The predicted molar refractivity (Wildman–Crippen MR) is 89.6 cm³/mol. The monoisotopic (exact) mass is 355 g/mol. The molecular formula is C15H22BrN3S. The van der Waals surface area contributed by atoms with Crippen LogP contribution in [0.1, 0.15) is 28.8 Å². The maximum absolute atomic E-state index is 4.52. The van der Waals surface area contributed by atoms with Gasteiger partial charge in [-0.15, -0.1) is 11.3 Å². The summed E-state index contributed by atoms with van der Waals surface area (Å²) in [7, 11) is 2.02. The number of likely N-dealkylation sites (N-methyl/N-ethyl adjacent to an activating group) is 1. The fraction of sp³-hybridized carbons (Fsp3) is 0.533. The lowest BCUT2D eigenvalue weighted by Crippen LogP contribution is -2.33. The van der Waals surface area contributed by atoms with Crippen molar-refractivity contribution in [3.8, 4) is 0 Å². The van der Waals surface area contributed by atoms with Gasteiger partial charge in [-0.1, -0.05) is 6.92 Å². The summed E-state index contributed by atoms with van der Waals surface area (Å²) < 4.78 is 3.16. The van der Waals surface area contributed by atoms with Crippen LogP contribution in [0.15, 0.2) is 15.9 Å². The Kier molecular flexibility index (Phi) is 5.41. The third kappa shape index (κ3) is 3.71. The number of nitrogens with zero attached hydrogens (tertiary/aromatic N) is 2. The molecule has 0 spiro atoms. The molecule has 0 saturated heterocycles. The summed E-state index contributed by atoms with van der Waals surface area (Å²) in [5.41, 5.74) is 3.81. The van der Waals surface area contributed by atoms with Crippen LogP contribution in [0, 0.1) is 13.8 Å². The number of hydrogen-bond acceptors (Lipinski definition) is 3. The zero-order chi connectivity index (χ0) is 14.7. The van der Waals surface area contributed by atoms with Gasteiger partial charge in [-0.05, 0) is 60.8 Å². The van der Waals surface area contributed by atoms with Crippen LogP contribution in [0.25, 0.3) is 0 Å². The molecular weight excluding hydrogens is 334 g/mol. The van der Waals surface area contributed by atoms with Crippen molar-refractivity contribution in [1.82, 2.24) is 15.1 Å². The van der Waals surface area contributed by atoms with E-state index in [1.54, 1.807) is 0 Å². The average Bonchev–Trinajstić information content (AvgIpc) is 2.89. The molecule has 0 radical (unpaired) electrons. The molecule has 2 aromatic heterocycles. The van der Waals surface area contributed by atoms with E-state index in [4.69, 9.17) is 0 Å². The third-order valence-electron chi connectivity index (χ3n) is 3.67. The van der Waals surface area contributed by atoms with Gasteiger partial charge in [-0.2, -0.15) is 5.10 Å². The Morgan fingerprint density at radius 2 is 2.15 bits per heavy atom. The van der Waals surface area contributed by atoms with E-state index in [-0.39, 0.29) is 0 Å². The Morgan fingerprint density at radius 3 is 2.65 bits per heavy atom. The van der Waals surface area contributed by atoms with Crippen LogP contribution in [0.3, 0.4) is 0 Å². The minimum Gasteiger partial charge on any atom is -0.314 e.